The Morgan fingerprint density at radius 2 is 2.00 bits per heavy atom. The van der Waals surface area contributed by atoms with E-state index < -0.39 is 11.6 Å². The van der Waals surface area contributed by atoms with Gasteiger partial charge in [0.05, 0.1) is 0 Å². The van der Waals surface area contributed by atoms with Crippen LogP contribution in [0.3, 0.4) is 0 Å². The quantitative estimate of drug-likeness (QED) is 0.690. The molecule has 2 rings (SSSR count). The molecule has 1 N–H and O–H groups in total. The predicted molar refractivity (Wildman–Crippen MR) is 57.1 cm³/mol. The second-order valence-corrected chi connectivity index (χ2v) is 4.96. The summed E-state index contributed by atoms with van der Waals surface area (Å²) in [5, 5.41) is 3.17. The molecule has 0 aromatic heterocycles. The van der Waals surface area contributed by atoms with E-state index in [1.54, 1.807) is 0 Å². The summed E-state index contributed by atoms with van der Waals surface area (Å²) < 4.78 is 26.6. The maximum absolute atomic E-state index is 13.6. The van der Waals surface area contributed by atoms with Gasteiger partial charge in [0.25, 0.3) is 0 Å². The Balaban J connectivity index is 2.55. The second kappa shape index (κ2) is 3.19. The molecule has 15 heavy (non-hydrogen) atoms. The number of fused-ring (bicyclic) bond motifs is 1. The van der Waals surface area contributed by atoms with Gasteiger partial charge in [-0.05, 0) is 32.3 Å². The van der Waals surface area contributed by atoms with Crippen LogP contribution in [0.2, 0.25) is 0 Å². The largest absolute Gasteiger partial charge is 0.380 e. The summed E-state index contributed by atoms with van der Waals surface area (Å²) >= 11 is 0. The lowest BCUT2D eigenvalue weighted by molar-refractivity contribution is 0.437. The van der Waals surface area contributed by atoms with Crippen LogP contribution in [0, 0.1) is 11.6 Å². The molecule has 0 amide bonds. The first-order valence-corrected chi connectivity index (χ1v) is 5.16. The van der Waals surface area contributed by atoms with E-state index in [-0.39, 0.29) is 11.5 Å². The van der Waals surface area contributed by atoms with E-state index in [4.69, 9.17) is 0 Å². The molecule has 0 fully saturated rings. The van der Waals surface area contributed by atoms with Crippen molar-refractivity contribution in [3.63, 3.8) is 0 Å². The first kappa shape index (κ1) is 10.4. The summed E-state index contributed by atoms with van der Waals surface area (Å²) in [6.07, 6.45) is 0.850. The zero-order valence-corrected chi connectivity index (χ0v) is 9.20. The Bertz CT molecular complexity index is 399. The van der Waals surface area contributed by atoms with Gasteiger partial charge in [-0.1, -0.05) is 6.92 Å². The van der Waals surface area contributed by atoms with Gasteiger partial charge in [-0.3, -0.25) is 0 Å². The van der Waals surface area contributed by atoms with E-state index in [0.29, 0.717) is 11.3 Å². The maximum atomic E-state index is 13.6. The van der Waals surface area contributed by atoms with Crippen LogP contribution in [-0.2, 0) is 0 Å². The monoisotopic (exact) mass is 211 g/mol. The fraction of sp³-hybridized carbons (Fsp3) is 0.500. The van der Waals surface area contributed by atoms with Crippen molar-refractivity contribution in [1.29, 1.82) is 0 Å². The van der Waals surface area contributed by atoms with Gasteiger partial charge < -0.3 is 5.32 Å². The van der Waals surface area contributed by atoms with Gasteiger partial charge >= 0.3 is 0 Å². The Morgan fingerprint density at radius 1 is 1.33 bits per heavy atom. The van der Waals surface area contributed by atoms with Crippen LogP contribution in [0.15, 0.2) is 12.1 Å². The molecule has 1 aliphatic rings. The summed E-state index contributed by atoms with van der Waals surface area (Å²) in [6.45, 7) is 6.05. The lowest BCUT2D eigenvalue weighted by atomic mass is 9.82. The molecule has 3 heteroatoms. The van der Waals surface area contributed by atoms with Crippen LogP contribution in [0.25, 0.3) is 0 Å². The maximum Gasteiger partial charge on any atom is 0.131 e. The number of nitrogens with one attached hydrogen (secondary N) is 1. The van der Waals surface area contributed by atoms with E-state index in [9.17, 15) is 8.78 Å². The van der Waals surface area contributed by atoms with Crippen molar-refractivity contribution < 1.29 is 8.78 Å². The number of hydrogen-bond donors (Lipinski definition) is 1. The molecule has 0 saturated carbocycles. The Kier molecular flexibility index (Phi) is 2.21. The molecule has 0 bridgehead atoms. The highest BCUT2D eigenvalue weighted by Gasteiger charge is 2.31. The minimum absolute atomic E-state index is 0.105. The number of anilines is 1. The summed E-state index contributed by atoms with van der Waals surface area (Å²) in [5.74, 6) is -0.846. The van der Waals surface area contributed by atoms with Gasteiger partial charge in [-0.15, -0.1) is 0 Å². The normalized spacial score (nSPS) is 23.1. The highest BCUT2D eigenvalue weighted by molar-refractivity contribution is 5.57. The zero-order valence-electron chi connectivity index (χ0n) is 9.20. The predicted octanol–water partition coefficient (Wildman–Crippen LogP) is 3.66. The van der Waals surface area contributed by atoms with Crippen LogP contribution in [-0.4, -0.2) is 5.54 Å². The lowest BCUT2D eigenvalue weighted by Crippen LogP contribution is -2.37. The third-order valence-corrected chi connectivity index (χ3v) is 2.88. The molecule has 1 aromatic carbocycles. The summed E-state index contributed by atoms with van der Waals surface area (Å²) in [7, 11) is 0. The lowest BCUT2D eigenvalue weighted by Gasteiger charge is -2.37. The number of rotatable bonds is 0. The van der Waals surface area contributed by atoms with Crippen LogP contribution in [0.1, 0.15) is 38.7 Å². The van der Waals surface area contributed by atoms with Crippen LogP contribution in [0.5, 0.6) is 0 Å². The van der Waals surface area contributed by atoms with Crippen molar-refractivity contribution in [3.8, 4) is 0 Å². The SMILES string of the molecule is CC1CC(C)(C)Nc2cc(F)cc(F)c21. The van der Waals surface area contributed by atoms with E-state index >= 15 is 0 Å². The third kappa shape index (κ3) is 1.83. The first-order valence-electron chi connectivity index (χ1n) is 5.16. The van der Waals surface area contributed by atoms with E-state index in [1.165, 1.54) is 6.07 Å². The topological polar surface area (TPSA) is 12.0 Å². The minimum atomic E-state index is -0.524. The molecule has 0 radical (unpaired) electrons. The molecule has 0 saturated heterocycles. The molecule has 1 heterocycles. The van der Waals surface area contributed by atoms with Crippen molar-refractivity contribution in [2.45, 2.75) is 38.6 Å². The van der Waals surface area contributed by atoms with E-state index in [0.717, 1.165) is 12.5 Å². The second-order valence-electron chi connectivity index (χ2n) is 4.96. The third-order valence-electron chi connectivity index (χ3n) is 2.88. The van der Waals surface area contributed by atoms with Crippen LogP contribution >= 0.6 is 0 Å². The molecular weight excluding hydrogens is 196 g/mol. The van der Waals surface area contributed by atoms with Crippen molar-refractivity contribution in [1.82, 2.24) is 0 Å². The standard InChI is InChI=1S/C12H15F2N/c1-7-6-12(2,3)15-10-5-8(13)4-9(14)11(7)10/h4-5,7,15H,6H2,1-3H3. The van der Waals surface area contributed by atoms with Crippen LogP contribution in [0.4, 0.5) is 14.5 Å². The molecule has 1 aromatic rings. The van der Waals surface area contributed by atoms with Crippen molar-refractivity contribution >= 4 is 5.69 Å². The molecule has 1 atom stereocenters. The van der Waals surface area contributed by atoms with Crippen molar-refractivity contribution in [2.75, 3.05) is 5.32 Å². The number of halogens is 2. The van der Waals surface area contributed by atoms with Crippen molar-refractivity contribution in [2.24, 2.45) is 0 Å². The summed E-state index contributed by atoms with van der Waals surface area (Å²) in [4.78, 5) is 0. The van der Waals surface area contributed by atoms with Crippen molar-refractivity contribution in [3.05, 3.63) is 29.3 Å². The van der Waals surface area contributed by atoms with Crippen LogP contribution < -0.4 is 5.32 Å². The average molecular weight is 211 g/mol. The number of benzene rings is 1. The Labute approximate surface area is 88.5 Å². The van der Waals surface area contributed by atoms with E-state index in [1.807, 2.05) is 20.8 Å². The minimum Gasteiger partial charge on any atom is -0.380 e. The smallest absolute Gasteiger partial charge is 0.131 e. The zero-order chi connectivity index (χ0) is 11.2. The Hall–Kier alpha value is -1.12. The molecule has 1 aliphatic heterocycles. The molecule has 82 valence electrons. The highest BCUT2D eigenvalue weighted by atomic mass is 19.1. The fourth-order valence-electron chi connectivity index (χ4n) is 2.47. The van der Waals surface area contributed by atoms with Gasteiger partial charge in [-0.2, -0.15) is 0 Å². The fourth-order valence-corrected chi connectivity index (χ4v) is 2.47. The van der Waals surface area contributed by atoms with Gasteiger partial charge in [0.2, 0.25) is 0 Å². The summed E-state index contributed by atoms with van der Waals surface area (Å²) in [5.41, 5.74) is 1.10. The van der Waals surface area contributed by atoms with Gasteiger partial charge in [0.1, 0.15) is 11.6 Å². The Morgan fingerprint density at radius 3 is 2.67 bits per heavy atom. The molecule has 1 unspecified atom stereocenters. The van der Waals surface area contributed by atoms with E-state index in [2.05, 4.69) is 5.32 Å². The molecule has 0 aliphatic carbocycles. The molecule has 1 nitrogen and oxygen atoms in total. The summed E-state index contributed by atoms with van der Waals surface area (Å²) in [6, 6.07) is 2.32. The van der Waals surface area contributed by atoms with Gasteiger partial charge in [0, 0.05) is 22.9 Å². The van der Waals surface area contributed by atoms with Gasteiger partial charge in [0.15, 0.2) is 0 Å². The first-order chi connectivity index (χ1) is 6.89. The molecular formula is C12H15F2N. The number of hydrogen-bond acceptors (Lipinski definition) is 1. The molecule has 0 spiro atoms. The highest BCUT2D eigenvalue weighted by Crippen LogP contribution is 2.40. The average Bonchev–Trinajstić information content (AvgIpc) is 1.97. The van der Waals surface area contributed by atoms with Gasteiger partial charge in [-0.25, -0.2) is 8.78 Å².